The van der Waals surface area contributed by atoms with Gasteiger partial charge in [0.25, 0.3) is 0 Å². The minimum atomic E-state index is 0.289. The van der Waals surface area contributed by atoms with E-state index in [4.69, 9.17) is 0 Å². The number of nitrogens with zero attached hydrogens (tertiary/aromatic N) is 3. The molecule has 0 fully saturated rings. The second-order valence-corrected chi connectivity index (χ2v) is 5.17. The fourth-order valence-corrected chi connectivity index (χ4v) is 2.37. The summed E-state index contributed by atoms with van der Waals surface area (Å²) < 4.78 is 1.89. The third kappa shape index (κ3) is 2.48. The molecule has 0 aliphatic carbocycles. The Morgan fingerprint density at radius 2 is 2.38 bits per heavy atom. The number of aryl methyl sites for hydroxylation is 2. The van der Waals surface area contributed by atoms with Crippen molar-refractivity contribution >= 4 is 11.3 Å². The quantitative estimate of drug-likeness (QED) is 0.883. The van der Waals surface area contributed by atoms with Crippen molar-refractivity contribution in [3.8, 4) is 0 Å². The first-order valence-corrected chi connectivity index (χ1v) is 6.11. The lowest BCUT2D eigenvalue weighted by Crippen LogP contribution is -2.20. The smallest absolute Gasteiger partial charge is 0.107 e. The van der Waals surface area contributed by atoms with Crippen LogP contribution in [0.5, 0.6) is 0 Å². The molecule has 0 radical (unpaired) electrons. The molecule has 0 saturated heterocycles. The van der Waals surface area contributed by atoms with Crippen molar-refractivity contribution in [2.24, 2.45) is 7.05 Å². The van der Waals surface area contributed by atoms with Crippen molar-refractivity contribution in [1.29, 1.82) is 0 Å². The maximum absolute atomic E-state index is 4.33. The van der Waals surface area contributed by atoms with Gasteiger partial charge in [0.2, 0.25) is 0 Å². The van der Waals surface area contributed by atoms with Crippen molar-refractivity contribution < 1.29 is 0 Å². The molecule has 1 N–H and O–H groups in total. The zero-order chi connectivity index (χ0) is 11.5. The average molecular weight is 236 g/mol. The van der Waals surface area contributed by atoms with Crippen molar-refractivity contribution in [3.05, 3.63) is 34.0 Å². The fraction of sp³-hybridized carbons (Fsp3) is 0.455. The van der Waals surface area contributed by atoms with Crippen LogP contribution in [-0.4, -0.2) is 14.8 Å². The molecule has 4 nitrogen and oxygen atoms in total. The topological polar surface area (TPSA) is 42.7 Å². The monoisotopic (exact) mass is 236 g/mol. The fourth-order valence-electron chi connectivity index (χ4n) is 1.64. The first-order valence-electron chi connectivity index (χ1n) is 5.29. The van der Waals surface area contributed by atoms with E-state index in [0.29, 0.717) is 0 Å². The molecular formula is C11H16N4S. The summed E-state index contributed by atoms with van der Waals surface area (Å²) in [5, 5.41) is 8.73. The summed E-state index contributed by atoms with van der Waals surface area (Å²) in [5.74, 6) is 0. The van der Waals surface area contributed by atoms with Gasteiger partial charge in [-0.05, 0) is 19.9 Å². The number of nitrogens with one attached hydrogen (secondary N) is 1. The van der Waals surface area contributed by atoms with Crippen LogP contribution in [0.25, 0.3) is 0 Å². The van der Waals surface area contributed by atoms with E-state index in [1.165, 1.54) is 10.6 Å². The largest absolute Gasteiger partial charge is 0.302 e. The van der Waals surface area contributed by atoms with Crippen molar-refractivity contribution in [3.63, 3.8) is 0 Å². The predicted octanol–water partition coefficient (Wildman–Crippen LogP) is 2.04. The van der Waals surface area contributed by atoms with E-state index in [9.17, 15) is 0 Å². The van der Waals surface area contributed by atoms with Crippen LogP contribution >= 0.6 is 11.3 Å². The number of rotatable bonds is 4. The molecule has 2 rings (SSSR count). The van der Waals surface area contributed by atoms with Crippen LogP contribution in [0.1, 0.15) is 28.5 Å². The molecule has 0 aromatic carbocycles. The molecule has 1 unspecified atom stereocenters. The summed E-state index contributed by atoms with van der Waals surface area (Å²) in [5.41, 5.74) is 1.19. The lowest BCUT2D eigenvalue weighted by molar-refractivity contribution is 0.529. The van der Waals surface area contributed by atoms with E-state index >= 15 is 0 Å². The molecule has 2 heterocycles. The summed E-state index contributed by atoms with van der Waals surface area (Å²) in [6.45, 7) is 5.02. The molecule has 0 bridgehead atoms. The Morgan fingerprint density at radius 3 is 2.94 bits per heavy atom. The molecule has 1 atom stereocenters. The zero-order valence-corrected chi connectivity index (χ0v) is 10.6. The Kier molecular flexibility index (Phi) is 3.36. The zero-order valence-electron chi connectivity index (χ0n) is 9.77. The van der Waals surface area contributed by atoms with E-state index in [-0.39, 0.29) is 6.04 Å². The van der Waals surface area contributed by atoms with Gasteiger partial charge in [0.15, 0.2) is 0 Å². The second kappa shape index (κ2) is 4.76. The Bertz CT molecular complexity index is 460. The highest BCUT2D eigenvalue weighted by molar-refractivity contribution is 7.11. The standard InChI is InChI=1S/C11H16N4S/c1-8-6-13-11(16-8)7-12-9(2)10-4-5-14-15(10)3/h4-6,9,12H,7H2,1-3H3. The highest BCUT2D eigenvalue weighted by Gasteiger charge is 2.09. The van der Waals surface area contributed by atoms with E-state index in [2.05, 4.69) is 29.2 Å². The van der Waals surface area contributed by atoms with E-state index in [1.807, 2.05) is 30.2 Å². The van der Waals surface area contributed by atoms with Crippen LogP contribution < -0.4 is 5.32 Å². The summed E-state index contributed by atoms with van der Waals surface area (Å²) >= 11 is 1.74. The van der Waals surface area contributed by atoms with Gasteiger partial charge in [0.1, 0.15) is 5.01 Å². The van der Waals surface area contributed by atoms with E-state index in [0.717, 1.165) is 11.6 Å². The molecule has 0 spiro atoms. The van der Waals surface area contributed by atoms with Gasteiger partial charge in [-0.1, -0.05) is 0 Å². The number of hydrogen-bond acceptors (Lipinski definition) is 4. The van der Waals surface area contributed by atoms with Crippen LogP contribution in [0.2, 0.25) is 0 Å². The third-order valence-corrected chi connectivity index (χ3v) is 3.44. The second-order valence-electron chi connectivity index (χ2n) is 3.85. The Morgan fingerprint density at radius 1 is 1.56 bits per heavy atom. The van der Waals surface area contributed by atoms with Crippen molar-refractivity contribution in [1.82, 2.24) is 20.1 Å². The van der Waals surface area contributed by atoms with Crippen molar-refractivity contribution in [2.45, 2.75) is 26.4 Å². The van der Waals surface area contributed by atoms with Crippen LogP contribution in [0.4, 0.5) is 0 Å². The highest BCUT2D eigenvalue weighted by atomic mass is 32.1. The first-order chi connectivity index (χ1) is 7.66. The molecule has 0 aliphatic rings. The number of aromatic nitrogens is 3. The number of hydrogen-bond donors (Lipinski definition) is 1. The molecule has 0 amide bonds. The molecular weight excluding hydrogens is 220 g/mol. The van der Waals surface area contributed by atoms with Crippen LogP contribution in [0, 0.1) is 6.92 Å². The first kappa shape index (κ1) is 11.3. The molecule has 0 aliphatic heterocycles. The average Bonchev–Trinajstić information content (AvgIpc) is 2.84. The van der Waals surface area contributed by atoms with Gasteiger partial charge < -0.3 is 5.32 Å². The van der Waals surface area contributed by atoms with Gasteiger partial charge in [0, 0.05) is 36.9 Å². The summed E-state index contributed by atoms with van der Waals surface area (Å²) in [6, 6.07) is 2.32. The summed E-state index contributed by atoms with van der Waals surface area (Å²) in [7, 11) is 1.96. The SMILES string of the molecule is Cc1cnc(CNC(C)c2ccnn2C)s1. The molecule has 16 heavy (non-hydrogen) atoms. The van der Waals surface area contributed by atoms with Gasteiger partial charge >= 0.3 is 0 Å². The molecule has 86 valence electrons. The van der Waals surface area contributed by atoms with Crippen LogP contribution in [-0.2, 0) is 13.6 Å². The Balaban J connectivity index is 1.93. The number of thiazole rings is 1. The van der Waals surface area contributed by atoms with Crippen LogP contribution in [0.3, 0.4) is 0 Å². The van der Waals surface area contributed by atoms with Gasteiger partial charge in [-0.15, -0.1) is 11.3 Å². The van der Waals surface area contributed by atoms with Gasteiger partial charge in [-0.25, -0.2) is 4.98 Å². The van der Waals surface area contributed by atoms with Gasteiger partial charge in [-0.2, -0.15) is 5.10 Å². The highest BCUT2D eigenvalue weighted by Crippen LogP contribution is 2.14. The molecule has 2 aromatic heterocycles. The van der Waals surface area contributed by atoms with E-state index in [1.54, 1.807) is 11.3 Å². The lowest BCUT2D eigenvalue weighted by atomic mass is 10.2. The third-order valence-electron chi connectivity index (χ3n) is 2.53. The molecule has 0 saturated carbocycles. The predicted molar refractivity (Wildman–Crippen MR) is 65.3 cm³/mol. The van der Waals surface area contributed by atoms with Crippen molar-refractivity contribution in [2.75, 3.05) is 0 Å². The van der Waals surface area contributed by atoms with E-state index < -0.39 is 0 Å². The molecule has 5 heteroatoms. The Hall–Kier alpha value is -1.20. The van der Waals surface area contributed by atoms with Gasteiger partial charge in [0.05, 0.1) is 5.69 Å². The maximum Gasteiger partial charge on any atom is 0.107 e. The summed E-state index contributed by atoms with van der Waals surface area (Å²) in [6.07, 6.45) is 3.73. The maximum atomic E-state index is 4.33. The lowest BCUT2D eigenvalue weighted by Gasteiger charge is -2.12. The minimum absolute atomic E-state index is 0.289. The summed E-state index contributed by atoms with van der Waals surface area (Å²) in [4.78, 5) is 5.58. The normalized spacial score (nSPS) is 12.9. The van der Waals surface area contributed by atoms with Gasteiger partial charge in [-0.3, -0.25) is 4.68 Å². The Labute approximate surface area is 99.3 Å². The minimum Gasteiger partial charge on any atom is -0.302 e. The molecule has 2 aromatic rings. The van der Waals surface area contributed by atoms with Crippen LogP contribution in [0.15, 0.2) is 18.5 Å².